The summed E-state index contributed by atoms with van der Waals surface area (Å²) < 4.78 is 29.6. The summed E-state index contributed by atoms with van der Waals surface area (Å²) in [7, 11) is -3.51. The van der Waals surface area contributed by atoms with Gasteiger partial charge in [0.2, 0.25) is 10.0 Å². The van der Waals surface area contributed by atoms with Crippen molar-refractivity contribution in [3.05, 3.63) is 76.0 Å². The van der Waals surface area contributed by atoms with Gasteiger partial charge in [0, 0.05) is 17.6 Å². The van der Waals surface area contributed by atoms with Crippen LogP contribution in [0.2, 0.25) is 0 Å². The smallest absolute Gasteiger partial charge is 0.254 e. The average Bonchev–Trinajstić information content (AvgIpc) is 3.33. The Labute approximate surface area is 183 Å². The summed E-state index contributed by atoms with van der Waals surface area (Å²) in [5, 5.41) is 7.01. The minimum Gasteiger partial charge on any atom is -0.351 e. The van der Waals surface area contributed by atoms with Crippen LogP contribution in [0.3, 0.4) is 0 Å². The van der Waals surface area contributed by atoms with E-state index in [9.17, 15) is 13.2 Å². The summed E-state index contributed by atoms with van der Waals surface area (Å²) in [6.45, 7) is 2.28. The van der Waals surface area contributed by atoms with Gasteiger partial charge in [-0.2, -0.15) is 5.10 Å². The van der Waals surface area contributed by atoms with Crippen LogP contribution in [0.15, 0.2) is 59.2 Å². The number of nitrogens with zero attached hydrogens (tertiary/aromatic N) is 3. The lowest BCUT2D eigenvalue weighted by Crippen LogP contribution is -2.37. The highest BCUT2D eigenvalue weighted by Gasteiger charge is 2.29. The molecule has 0 bridgehead atoms. The molecular formula is C21H21BrN4O3S. The maximum absolute atomic E-state index is 12.8. The molecule has 30 heavy (non-hydrogen) atoms. The van der Waals surface area contributed by atoms with E-state index < -0.39 is 10.0 Å². The molecule has 0 radical (unpaired) electrons. The molecule has 9 heteroatoms. The van der Waals surface area contributed by atoms with E-state index in [0.717, 1.165) is 21.4 Å². The molecule has 0 spiro atoms. The van der Waals surface area contributed by atoms with Crippen LogP contribution in [0.1, 0.15) is 21.6 Å². The zero-order valence-electron chi connectivity index (χ0n) is 16.4. The average molecular weight is 489 g/mol. The summed E-state index contributed by atoms with van der Waals surface area (Å²) >= 11 is 3.40. The maximum atomic E-state index is 12.8. The highest BCUT2D eigenvalue weighted by molar-refractivity contribution is 9.10. The number of halogens is 1. The number of carbonyl (C=O) groups is 1. The summed E-state index contributed by atoms with van der Waals surface area (Å²) in [4.78, 5) is 12.6. The Bertz CT molecular complexity index is 1190. The SMILES string of the molecule is Cc1c(C(=O)NCCS(=O)(=O)N2CCc3ccccc32)cnn1-c1ccc(Br)cc1. The molecule has 4 rings (SSSR count). The van der Waals surface area contributed by atoms with Crippen molar-refractivity contribution in [3.63, 3.8) is 0 Å². The Kier molecular flexibility index (Phi) is 5.66. The molecule has 0 aliphatic carbocycles. The number of rotatable bonds is 6. The monoisotopic (exact) mass is 488 g/mol. The van der Waals surface area contributed by atoms with Gasteiger partial charge in [0.1, 0.15) is 0 Å². The third-order valence-corrected chi connectivity index (χ3v) is 7.45. The molecule has 0 atom stereocenters. The lowest BCUT2D eigenvalue weighted by atomic mass is 10.2. The van der Waals surface area contributed by atoms with Gasteiger partial charge in [-0.15, -0.1) is 0 Å². The van der Waals surface area contributed by atoms with Gasteiger partial charge in [0.15, 0.2) is 0 Å². The number of benzene rings is 2. The van der Waals surface area contributed by atoms with Crippen LogP contribution >= 0.6 is 15.9 Å². The quantitative estimate of drug-likeness (QED) is 0.577. The molecule has 0 unspecified atom stereocenters. The first-order valence-electron chi connectivity index (χ1n) is 9.54. The number of hydrogen-bond donors (Lipinski definition) is 1. The first-order chi connectivity index (χ1) is 14.4. The van der Waals surface area contributed by atoms with Crippen molar-refractivity contribution in [2.45, 2.75) is 13.3 Å². The van der Waals surface area contributed by atoms with Crippen molar-refractivity contribution >= 4 is 37.5 Å². The molecule has 2 aromatic carbocycles. The molecule has 1 aliphatic rings. The number of sulfonamides is 1. The third-order valence-electron chi connectivity index (χ3n) is 5.15. The van der Waals surface area contributed by atoms with Gasteiger partial charge in [-0.1, -0.05) is 34.1 Å². The lowest BCUT2D eigenvalue weighted by molar-refractivity contribution is 0.0955. The van der Waals surface area contributed by atoms with E-state index in [1.165, 1.54) is 10.5 Å². The van der Waals surface area contributed by atoms with Gasteiger partial charge in [-0.05, 0) is 49.2 Å². The van der Waals surface area contributed by atoms with E-state index in [0.29, 0.717) is 24.2 Å². The van der Waals surface area contributed by atoms with Crippen molar-refractivity contribution in [3.8, 4) is 5.69 Å². The summed E-state index contributed by atoms with van der Waals surface area (Å²) in [5.74, 6) is -0.500. The molecule has 0 saturated carbocycles. The van der Waals surface area contributed by atoms with Crippen LogP contribution in [-0.2, 0) is 16.4 Å². The van der Waals surface area contributed by atoms with Crippen molar-refractivity contribution in [2.75, 3.05) is 23.1 Å². The summed E-state index contributed by atoms with van der Waals surface area (Å²) in [6, 6.07) is 15.1. The number of para-hydroxylation sites is 1. The predicted molar refractivity (Wildman–Crippen MR) is 120 cm³/mol. The Balaban J connectivity index is 1.40. The fourth-order valence-corrected chi connectivity index (χ4v) is 5.26. The van der Waals surface area contributed by atoms with Crippen molar-refractivity contribution in [1.82, 2.24) is 15.1 Å². The fraction of sp³-hybridized carbons (Fsp3) is 0.238. The Morgan fingerprint density at radius 2 is 1.90 bits per heavy atom. The second-order valence-electron chi connectivity index (χ2n) is 7.05. The standard InChI is InChI=1S/C21H21BrN4O3S/c1-15-19(14-24-26(15)18-8-6-17(22)7-9-18)21(27)23-11-13-30(28,29)25-12-10-16-4-2-3-5-20(16)25/h2-9,14H,10-13H2,1H3,(H,23,27). The second-order valence-corrected chi connectivity index (χ2v) is 9.98. The van der Waals surface area contributed by atoms with Gasteiger partial charge >= 0.3 is 0 Å². The first-order valence-corrected chi connectivity index (χ1v) is 11.9. The van der Waals surface area contributed by atoms with Gasteiger partial charge in [0.05, 0.1) is 34.6 Å². The van der Waals surface area contributed by atoms with Gasteiger partial charge in [-0.3, -0.25) is 9.10 Å². The zero-order chi connectivity index (χ0) is 21.3. The highest BCUT2D eigenvalue weighted by atomic mass is 79.9. The lowest BCUT2D eigenvalue weighted by Gasteiger charge is -2.19. The fourth-order valence-electron chi connectivity index (χ4n) is 3.57. The largest absolute Gasteiger partial charge is 0.351 e. The zero-order valence-corrected chi connectivity index (χ0v) is 18.8. The van der Waals surface area contributed by atoms with Crippen LogP contribution < -0.4 is 9.62 Å². The van der Waals surface area contributed by atoms with E-state index in [1.807, 2.05) is 55.5 Å². The molecule has 156 valence electrons. The Morgan fingerprint density at radius 1 is 1.17 bits per heavy atom. The highest BCUT2D eigenvalue weighted by Crippen LogP contribution is 2.29. The molecule has 1 aromatic heterocycles. The molecule has 1 amide bonds. The van der Waals surface area contributed by atoms with Crippen LogP contribution in [0.5, 0.6) is 0 Å². The van der Waals surface area contributed by atoms with Crippen LogP contribution in [0.25, 0.3) is 5.69 Å². The molecule has 7 nitrogen and oxygen atoms in total. The Hall–Kier alpha value is -2.65. The molecule has 1 aliphatic heterocycles. The van der Waals surface area contributed by atoms with Gasteiger partial charge < -0.3 is 5.32 Å². The molecule has 3 aromatic rings. The van der Waals surface area contributed by atoms with Gasteiger partial charge in [0.25, 0.3) is 5.91 Å². The number of anilines is 1. The molecule has 1 N–H and O–H groups in total. The van der Waals surface area contributed by atoms with Crippen LogP contribution in [0.4, 0.5) is 5.69 Å². The van der Waals surface area contributed by atoms with Crippen LogP contribution in [-0.4, -0.2) is 42.9 Å². The summed E-state index contributed by atoms with van der Waals surface area (Å²) in [6.07, 6.45) is 2.20. The second kappa shape index (κ2) is 8.23. The number of hydrogen-bond acceptors (Lipinski definition) is 4. The Morgan fingerprint density at radius 3 is 2.67 bits per heavy atom. The third kappa shape index (κ3) is 3.99. The van der Waals surface area contributed by atoms with E-state index in [2.05, 4.69) is 26.3 Å². The van der Waals surface area contributed by atoms with Crippen molar-refractivity contribution < 1.29 is 13.2 Å². The maximum Gasteiger partial charge on any atom is 0.254 e. The number of fused-ring (bicyclic) bond motifs is 1. The molecule has 0 fully saturated rings. The number of nitrogens with one attached hydrogen (secondary N) is 1. The minimum atomic E-state index is -3.51. The van der Waals surface area contributed by atoms with E-state index in [1.54, 1.807) is 4.68 Å². The normalized spacial score (nSPS) is 13.3. The topological polar surface area (TPSA) is 84.3 Å². The van der Waals surface area contributed by atoms with Gasteiger partial charge in [-0.25, -0.2) is 13.1 Å². The van der Waals surface area contributed by atoms with Crippen LogP contribution in [0, 0.1) is 6.92 Å². The van der Waals surface area contributed by atoms with Crippen molar-refractivity contribution in [1.29, 1.82) is 0 Å². The van der Waals surface area contributed by atoms with E-state index in [4.69, 9.17) is 0 Å². The minimum absolute atomic E-state index is 0.0305. The summed E-state index contributed by atoms with van der Waals surface area (Å²) in [5.41, 5.74) is 3.70. The van der Waals surface area contributed by atoms with E-state index in [-0.39, 0.29) is 18.2 Å². The predicted octanol–water partition coefficient (Wildman–Crippen LogP) is 3.07. The van der Waals surface area contributed by atoms with Crippen molar-refractivity contribution in [2.24, 2.45) is 0 Å². The molecule has 2 heterocycles. The molecule has 0 saturated heterocycles. The number of carbonyl (C=O) groups excluding carboxylic acids is 1. The molecular weight excluding hydrogens is 468 g/mol. The van der Waals surface area contributed by atoms with E-state index >= 15 is 0 Å². The first kappa shape index (κ1) is 20.6. The number of amides is 1. The number of aromatic nitrogens is 2.